The summed E-state index contributed by atoms with van der Waals surface area (Å²) in [7, 11) is -3.25. The molecule has 9 heavy (non-hydrogen) atoms. The molecule has 0 aromatic rings. The quantitative estimate of drug-likeness (QED) is 0.498. The van der Waals surface area contributed by atoms with Crippen molar-refractivity contribution in [2.75, 3.05) is 5.75 Å². The van der Waals surface area contributed by atoms with Gasteiger partial charge in [-0.3, -0.25) is 0 Å². The summed E-state index contributed by atoms with van der Waals surface area (Å²) in [5, 5.41) is 0. The van der Waals surface area contributed by atoms with Gasteiger partial charge < -0.3 is 0 Å². The molecule has 0 aliphatic heterocycles. The van der Waals surface area contributed by atoms with Gasteiger partial charge in [0, 0.05) is 0 Å². The van der Waals surface area contributed by atoms with E-state index in [1.165, 1.54) is 6.08 Å². The average molecular weight is 170 g/mol. The summed E-state index contributed by atoms with van der Waals surface area (Å²) >= 11 is 4.86. The average Bonchev–Trinajstić information content (AvgIpc) is 1.84. The minimum Gasteiger partial charge on any atom is -0.211 e. The molecule has 0 aromatic carbocycles. The monoisotopic (exact) mass is 169 g/mol. The Morgan fingerprint density at radius 2 is 2.22 bits per heavy atom. The van der Waals surface area contributed by atoms with Gasteiger partial charge in [0.2, 0.25) is 10.0 Å². The van der Waals surface area contributed by atoms with Gasteiger partial charge in [0.25, 0.3) is 0 Å². The Labute approximate surface area is 59.9 Å². The van der Waals surface area contributed by atoms with Crippen LogP contribution in [0.25, 0.3) is 0 Å². The molecule has 0 bridgehead atoms. The largest absolute Gasteiger partial charge is 0.228 e. The van der Waals surface area contributed by atoms with Gasteiger partial charge >= 0.3 is 0 Å². The van der Waals surface area contributed by atoms with Crippen molar-refractivity contribution in [1.29, 1.82) is 0 Å². The first-order chi connectivity index (χ1) is 4.12. The summed E-state index contributed by atoms with van der Waals surface area (Å²) in [6.07, 6.45) is 3.15. The van der Waals surface area contributed by atoms with E-state index < -0.39 is 10.0 Å². The molecule has 0 unspecified atom stereocenters. The fourth-order valence-corrected chi connectivity index (χ4v) is 0.952. The lowest BCUT2D eigenvalue weighted by Gasteiger charge is -1.91. The van der Waals surface area contributed by atoms with E-state index in [0.29, 0.717) is 0 Å². The highest BCUT2D eigenvalue weighted by atomic mass is 35.5. The normalized spacial score (nSPS) is 12.7. The highest BCUT2D eigenvalue weighted by Gasteiger charge is 2.02. The smallest absolute Gasteiger partial charge is 0.211 e. The van der Waals surface area contributed by atoms with Crippen molar-refractivity contribution in [3.8, 4) is 0 Å². The predicted molar refractivity (Wildman–Crippen MR) is 37.6 cm³/mol. The molecule has 0 aliphatic carbocycles. The molecule has 3 nitrogen and oxygen atoms in total. The zero-order valence-corrected chi connectivity index (χ0v) is 6.54. The molecule has 54 valence electrons. The Kier molecular flexibility index (Phi) is 3.84. The summed E-state index contributed by atoms with van der Waals surface area (Å²) in [5.41, 5.74) is 0. The first-order valence-corrected chi connectivity index (χ1v) is 4.36. The highest BCUT2D eigenvalue weighted by Crippen LogP contribution is 1.85. The molecule has 5 heteroatoms. The van der Waals surface area contributed by atoms with Crippen LogP contribution in [-0.2, 0) is 10.0 Å². The summed E-state index contributed by atoms with van der Waals surface area (Å²) in [4.78, 5) is 0. The summed E-state index contributed by atoms with van der Waals surface area (Å²) in [6, 6.07) is 0. The maximum atomic E-state index is 10.5. The van der Waals surface area contributed by atoms with Gasteiger partial charge in [-0.05, 0) is 18.7 Å². The third-order valence-electron chi connectivity index (χ3n) is 0.669. The molecule has 0 spiro atoms. The molecular weight excluding hydrogens is 162 g/mol. The maximum Gasteiger partial charge on any atom is 0.228 e. The molecule has 0 radical (unpaired) electrons. The van der Waals surface area contributed by atoms with Gasteiger partial charge in [0.15, 0.2) is 0 Å². The van der Waals surface area contributed by atoms with Gasteiger partial charge in [-0.25, -0.2) is 8.42 Å². The van der Waals surface area contributed by atoms with Crippen LogP contribution in [0.1, 0.15) is 6.92 Å². The van der Waals surface area contributed by atoms with Crippen molar-refractivity contribution in [3.63, 3.8) is 0 Å². The SMILES string of the molecule is C/C=C/CS(=O)(=O)NCl. The van der Waals surface area contributed by atoms with E-state index in [1.54, 1.807) is 17.2 Å². The number of halogens is 1. The van der Waals surface area contributed by atoms with Crippen molar-refractivity contribution in [3.05, 3.63) is 12.2 Å². The third kappa shape index (κ3) is 4.44. The van der Waals surface area contributed by atoms with Crippen LogP contribution >= 0.6 is 11.8 Å². The summed E-state index contributed by atoms with van der Waals surface area (Å²) < 4.78 is 22.6. The first-order valence-electron chi connectivity index (χ1n) is 2.33. The van der Waals surface area contributed by atoms with Gasteiger partial charge in [-0.2, -0.15) is 0 Å². The maximum absolute atomic E-state index is 10.5. The zero-order valence-electron chi connectivity index (χ0n) is 4.96. The molecule has 0 saturated carbocycles. The molecule has 0 aliphatic rings. The van der Waals surface area contributed by atoms with Gasteiger partial charge in [-0.1, -0.05) is 12.2 Å². The number of rotatable bonds is 3. The Bertz CT molecular complexity index is 185. The molecule has 0 saturated heterocycles. The molecule has 0 heterocycles. The van der Waals surface area contributed by atoms with E-state index in [4.69, 9.17) is 11.8 Å². The van der Waals surface area contributed by atoms with E-state index in [2.05, 4.69) is 0 Å². The predicted octanol–water partition coefficient (Wildman–Crippen LogP) is 0.636. The van der Waals surface area contributed by atoms with Gasteiger partial charge in [-0.15, -0.1) is 4.24 Å². The Balaban J connectivity index is 3.90. The number of hydrogen-bond donors (Lipinski definition) is 1. The number of allylic oxidation sites excluding steroid dienone is 1. The minimum absolute atomic E-state index is 0.0625. The number of hydrogen-bond acceptors (Lipinski definition) is 2. The fourth-order valence-electron chi connectivity index (χ4n) is 0.254. The van der Waals surface area contributed by atoms with Crippen LogP contribution < -0.4 is 4.24 Å². The Morgan fingerprint density at radius 3 is 2.56 bits per heavy atom. The summed E-state index contributed by atoms with van der Waals surface area (Å²) in [6.45, 7) is 1.74. The van der Waals surface area contributed by atoms with E-state index in [1.807, 2.05) is 0 Å². The van der Waals surface area contributed by atoms with Gasteiger partial charge in [0.1, 0.15) is 0 Å². The molecule has 0 amide bonds. The lowest BCUT2D eigenvalue weighted by atomic mass is 10.6. The lowest BCUT2D eigenvalue weighted by Crippen LogP contribution is -2.15. The number of nitrogens with one attached hydrogen (secondary N) is 1. The minimum atomic E-state index is -3.25. The highest BCUT2D eigenvalue weighted by molar-refractivity contribution is 7.90. The van der Waals surface area contributed by atoms with Crippen LogP contribution in [0.4, 0.5) is 0 Å². The van der Waals surface area contributed by atoms with Crippen molar-refractivity contribution in [1.82, 2.24) is 4.24 Å². The molecule has 0 aromatic heterocycles. The third-order valence-corrected chi connectivity index (χ3v) is 2.24. The van der Waals surface area contributed by atoms with Crippen LogP contribution in [-0.4, -0.2) is 14.2 Å². The second-order valence-corrected chi connectivity index (χ2v) is 3.61. The van der Waals surface area contributed by atoms with Crippen molar-refractivity contribution >= 4 is 21.8 Å². The molecule has 0 atom stereocenters. The second kappa shape index (κ2) is 3.87. The van der Waals surface area contributed by atoms with E-state index in [9.17, 15) is 8.42 Å². The van der Waals surface area contributed by atoms with Crippen molar-refractivity contribution in [2.24, 2.45) is 0 Å². The molecule has 0 fully saturated rings. The number of sulfonamides is 1. The van der Waals surface area contributed by atoms with Crippen LogP contribution in [0.3, 0.4) is 0 Å². The first kappa shape index (κ1) is 8.94. The fraction of sp³-hybridized carbons (Fsp3) is 0.500. The Morgan fingerprint density at radius 1 is 1.67 bits per heavy atom. The molecule has 1 N–H and O–H groups in total. The lowest BCUT2D eigenvalue weighted by molar-refractivity contribution is 0.597. The zero-order chi connectivity index (χ0) is 7.33. The van der Waals surface area contributed by atoms with E-state index in [0.717, 1.165) is 0 Å². The van der Waals surface area contributed by atoms with Crippen LogP contribution in [0.15, 0.2) is 12.2 Å². The standard InChI is InChI=1S/C4H8ClNO2S/c1-2-3-4-9(7,8)6-5/h2-3,6H,4H2,1H3/b3-2+. The molecule has 0 rings (SSSR count). The summed E-state index contributed by atoms with van der Waals surface area (Å²) in [5.74, 6) is -0.0625. The molecular formula is C4H8ClNO2S. The van der Waals surface area contributed by atoms with E-state index in [-0.39, 0.29) is 5.75 Å². The second-order valence-electron chi connectivity index (χ2n) is 1.43. The van der Waals surface area contributed by atoms with Crippen LogP contribution in [0.5, 0.6) is 0 Å². The topological polar surface area (TPSA) is 46.2 Å². The van der Waals surface area contributed by atoms with Crippen LogP contribution in [0, 0.1) is 0 Å². The van der Waals surface area contributed by atoms with E-state index >= 15 is 0 Å². The van der Waals surface area contributed by atoms with Gasteiger partial charge in [0.05, 0.1) is 5.75 Å². The van der Waals surface area contributed by atoms with Crippen LogP contribution in [0.2, 0.25) is 0 Å². The van der Waals surface area contributed by atoms with Crippen molar-refractivity contribution in [2.45, 2.75) is 6.92 Å². The Hall–Kier alpha value is -0.0600. The van der Waals surface area contributed by atoms with Crippen molar-refractivity contribution < 1.29 is 8.42 Å².